The Balaban J connectivity index is 2.92. The minimum atomic E-state index is -4.12. The van der Waals surface area contributed by atoms with Crippen LogP contribution in [0.25, 0.3) is 0 Å². The molecule has 1 rings (SSSR count). The average molecular weight is 299 g/mol. The third-order valence-corrected chi connectivity index (χ3v) is 3.83. The highest BCUT2D eigenvalue weighted by molar-refractivity contribution is 8.12. The van der Waals surface area contributed by atoms with Crippen LogP contribution in [0, 0.1) is 0 Å². The van der Waals surface area contributed by atoms with E-state index in [4.69, 9.17) is 10.7 Å². The predicted molar refractivity (Wildman–Crippen MR) is 65.2 cm³/mol. The van der Waals surface area contributed by atoms with Gasteiger partial charge in [-0.15, -0.1) is 0 Å². The van der Waals surface area contributed by atoms with Crippen molar-refractivity contribution >= 4 is 43.5 Å². The molecule has 1 aliphatic rings. The molecule has 0 aromatic rings. The molecule has 0 aromatic heterocycles. The first kappa shape index (κ1) is 14.3. The summed E-state index contributed by atoms with van der Waals surface area (Å²) in [5.74, 6) is -1.08. The highest BCUT2D eigenvalue weighted by Crippen LogP contribution is 2.41. The summed E-state index contributed by atoms with van der Waals surface area (Å²) in [7, 11) is 0.779. The maximum absolute atomic E-state index is 11.5. The summed E-state index contributed by atoms with van der Waals surface area (Å²) in [4.78, 5) is 23.7. The van der Waals surface area contributed by atoms with Gasteiger partial charge in [-0.1, -0.05) is 11.8 Å². The van der Waals surface area contributed by atoms with E-state index in [1.807, 2.05) is 0 Å². The van der Waals surface area contributed by atoms with Crippen LogP contribution in [0.4, 0.5) is 0 Å². The molecule has 17 heavy (non-hydrogen) atoms. The van der Waals surface area contributed by atoms with Crippen LogP contribution < -0.4 is 4.72 Å². The molecule has 1 aliphatic heterocycles. The predicted octanol–water partition coefficient (Wildman–Crippen LogP) is 0.759. The molecule has 0 saturated heterocycles. The van der Waals surface area contributed by atoms with Crippen molar-refractivity contribution in [2.24, 2.45) is 0 Å². The average Bonchev–Trinajstić information content (AvgIpc) is 2.38. The molecule has 0 aliphatic carbocycles. The molecule has 1 heterocycles. The second kappa shape index (κ2) is 4.51. The number of hydrogen-bond acceptors (Lipinski definition) is 5. The van der Waals surface area contributed by atoms with Crippen LogP contribution in [0.2, 0.25) is 0 Å². The normalized spacial score (nSPS) is 18.8. The monoisotopic (exact) mass is 298 g/mol. The van der Waals surface area contributed by atoms with Crippen molar-refractivity contribution in [3.8, 4) is 0 Å². The minimum Gasteiger partial charge on any atom is -0.303 e. The van der Waals surface area contributed by atoms with E-state index < -0.39 is 20.0 Å². The van der Waals surface area contributed by atoms with Gasteiger partial charge in [-0.3, -0.25) is 9.59 Å². The lowest BCUT2D eigenvalue weighted by Crippen LogP contribution is -2.37. The van der Waals surface area contributed by atoms with Gasteiger partial charge in [-0.2, -0.15) is 8.42 Å². The summed E-state index contributed by atoms with van der Waals surface area (Å²) in [6.07, 6.45) is 1.31. The van der Waals surface area contributed by atoms with Crippen LogP contribution in [0.3, 0.4) is 0 Å². The van der Waals surface area contributed by atoms with E-state index >= 15 is 0 Å². The van der Waals surface area contributed by atoms with Gasteiger partial charge >= 0.3 is 9.24 Å². The number of carbonyl (C=O) groups excluding carboxylic acids is 2. The number of amides is 2. The highest BCUT2D eigenvalue weighted by atomic mass is 35.7. The van der Waals surface area contributed by atoms with Gasteiger partial charge in [0.2, 0.25) is 5.91 Å². The van der Waals surface area contributed by atoms with Gasteiger partial charge in [-0.05, 0) is 13.8 Å². The van der Waals surface area contributed by atoms with Crippen molar-refractivity contribution in [1.29, 1.82) is 0 Å². The molecule has 0 fully saturated rings. The van der Waals surface area contributed by atoms with Gasteiger partial charge in [0.15, 0.2) is 0 Å². The Morgan fingerprint density at radius 1 is 1.47 bits per heavy atom. The minimum absolute atomic E-state index is 0.120. The molecule has 0 bridgehead atoms. The van der Waals surface area contributed by atoms with Gasteiger partial charge < -0.3 is 4.90 Å². The Morgan fingerprint density at radius 2 is 2.00 bits per heavy atom. The highest BCUT2D eigenvalue weighted by Gasteiger charge is 2.38. The first-order chi connectivity index (χ1) is 7.53. The number of halogens is 1. The van der Waals surface area contributed by atoms with Crippen LogP contribution >= 0.6 is 22.4 Å². The Labute approximate surface area is 108 Å². The Kier molecular flexibility index (Phi) is 3.80. The Bertz CT molecular complexity index is 498. The fourth-order valence-corrected chi connectivity index (χ4v) is 3.08. The third-order valence-electron chi connectivity index (χ3n) is 1.96. The van der Waals surface area contributed by atoms with Crippen LogP contribution in [-0.2, 0) is 18.8 Å². The molecular weight excluding hydrogens is 288 g/mol. The summed E-state index contributed by atoms with van der Waals surface area (Å²) in [5.41, 5.74) is 0. The molecule has 0 atom stereocenters. The van der Waals surface area contributed by atoms with E-state index in [9.17, 15) is 18.0 Å². The van der Waals surface area contributed by atoms with Gasteiger partial charge in [-0.25, -0.2) is 4.72 Å². The van der Waals surface area contributed by atoms with Crippen molar-refractivity contribution in [2.45, 2.75) is 25.6 Å². The molecule has 6 nitrogen and oxygen atoms in total. The molecule has 1 N–H and O–H groups in total. The van der Waals surface area contributed by atoms with E-state index in [0.29, 0.717) is 0 Å². The number of rotatable bonds is 2. The second-order valence-electron chi connectivity index (χ2n) is 3.80. The summed E-state index contributed by atoms with van der Waals surface area (Å²) < 4.78 is 23.0. The Morgan fingerprint density at radius 3 is 2.35 bits per heavy atom. The zero-order valence-electron chi connectivity index (χ0n) is 9.35. The summed E-state index contributed by atoms with van der Waals surface area (Å²) in [5, 5.41) is 0. The summed E-state index contributed by atoms with van der Waals surface area (Å²) in [6, 6.07) is 0. The fourth-order valence-electron chi connectivity index (χ4n) is 1.35. The lowest BCUT2D eigenvalue weighted by atomic mass is 10.3. The standard InChI is InChI=1S/C8H11ClN2O4S2/c1-5(12)11-4-6(16-8(11,2)3)7(13)10-17(9,14)15/h4H,1-3H3,(H,10,13). The number of nitrogens with one attached hydrogen (secondary N) is 1. The van der Waals surface area contributed by atoms with Crippen molar-refractivity contribution in [3.63, 3.8) is 0 Å². The number of hydrogen-bond donors (Lipinski definition) is 1. The Hall–Kier alpha value is -0.730. The van der Waals surface area contributed by atoms with E-state index in [1.165, 1.54) is 18.0 Å². The van der Waals surface area contributed by atoms with Crippen LogP contribution in [0.5, 0.6) is 0 Å². The van der Waals surface area contributed by atoms with Gasteiger partial charge in [0.1, 0.15) is 0 Å². The maximum Gasteiger partial charge on any atom is 0.321 e. The summed E-state index contributed by atoms with van der Waals surface area (Å²) in [6.45, 7) is 4.84. The molecule has 0 unspecified atom stereocenters. The molecular formula is C8H11ClN2O4S2. The zero-order valence-corrected chi connectivity index (χ0v) is 11.7. The van der Waals surface area contributed by atoms with Crippen molar-refractivity contribution in [1.82, 2.24) is 9.62 Å². The lowest BCUT2D eigenvalue weighted by molar-refractivity contribution is -0.128. The largest absolute Gasteiger partial charge is 0.321 e. The molecule has 2 amide bonds. The lowest BCUT2D eigenvalue weighted by Gasteiger charge is -2.28. The summed E-state index contributed by atoms with van der Waals surface area (Å²) >= 11 is 1.08. The van der Waals surface area contributed by atoms with Gasteiger partial charge in [0, 0.05) is 23.8 Å². The molecule has 96 valence electrons. The second-order valence-corrected chi connectivity index (χ2v) is 7.74. The van der Waals surface area contributed by atoms with Crippen LogP contribution in [0.15, 0.2) is 11.1 Å². The molecule has 0 spiro atoms. The quantitative estimate of drug-likeness (QED) is 0.761. The smallest absolute Gasteiger partial charge is 0.303 e. The maximum atomic E-state index is 11.5. The van der Waals surface area contributed by atoms with E-state index in [2.05, 4.69) is 0 Å². The SMILES string of the molecule is CC(=O)N1C=C(C(=O)NS(=O)(=O)Cl)SC1(C)C. The van der Waals surface area contributed by atoms with E-state index in [0.717, 1.165) is 11.8 Å². The van der Waals surface area contributed by atoms with E-state index in [1.54, 1.807) is 18.6 Å². The van der Waals surface area contributed by atoms with E-state index in [-0.39, 0.29) is 10.8 Å². The first-order valence-corrected chi connectivity index (χ1v) is 7.63. The number of thioether (sulfide) groups is 1. The van der Waals surface area contributed by atoms with Crippen molar-refractivity contribution in [3.05, 3.63) is 11.1 Å². The van der Waals surface area contributed by atoms with Crippen LogP contribution in [0.1, 0.15) is 20.8 Å². The first-order valence-electron chi connectivity index (χ1n) is 4.50. The van der Waals surface area contributed by atoms with Crippen molar-refractivity contribution < 1.29 is 18.0 Å². The topological polar surface area (TPSA) is 83.6 Å². The molecule has 9 heteroatoms. The van der Waals surface area contributed by atoms with Crippen LogP contribution in [-0.4, -0.2) is 30.0 Å². The van der Waals surface area contributed by atoms with Gasteiger partial charge in [0.05, 0.1) is 9.78 Å². The third kappa shape index (κ3) is 3.62. The fraction of sp³-hybridized carbons (Fsp3) is 0.500. The molecule has 0 aromatic carbocycles. The van der Waals surface area contributed by atoms with Gasteiger partial charge in [0.25, 0.3) is 5.91 Å². The number of nitrogens with zero attached hydrogens (tertiary/aromatic N) is 1. The molecule has 0 radical (unpaired) electrons. The van der Waals surface area contributed by atoms with Crippen molar-refractivity contribution in [2.75, 3.05) is 0 Å². The number of carbonyl (C=O) groups is 2. The zero-order chi connectivity index (χ0) is 13.4. The molecule has 0 saturated carbocycles.